The number of nitrogens with two attached hydrogens (primary N) is 1. The number of nitrogens with zero attached hydrogens (tertiary/aromatic N) is 1. The summed E-state index contributed by atoms with van der Waals surface area (Å²) >= 11 is 8.86. The molecular formula is C10H15BrClN3O4S2. The van der Waals surface area contributed by atoms with Gasteiger partial charge >= 0.3 is 0 Å². The summed E-state index contributed by atoms with van der Waals surface area (Å²) < 4.78 is 50.8. The lowest BCUT2D eigenvalue weighted by Crippen LogP contribution is -2.34. The molecule has 0 heterocycles. The second-order valence-corrected chi connectivity index (χ2v) is 9.57. The smallest absolute Gasteiger partial charge is 0.241 e. The van der Waals surface area contributed by atoms with Crippen molar-refractivity contribution < 1.29 is 16.8 Å². The van der Waals surface area contributed by atoms with Crippen LogP contribution in [0.25, 0.3) is 0 Å². The number of benzene rings is 1. The van der Waals surface area contributed by atoms with Gasteiger partial charge in [-0.15, -0.1) is 0 Å². The van der Waals surface area contributed by atoms with Crippen LogP contribution in [0.2, 0.25) is 5.02 Å². The molecule has 0 saturated carbocycles. The van der Waals surface area contributed by atoms with Gasteiger partial charge in [0.2, 0.25) is 20.0 Å². The minimum absolute atomic E-state index is 0.144. The van der Waals surface area contributed by atoms with Crippen molar-refractivity contribution in [3.63, 3.8) is 0 Å². The molecule has 0 radical (unpaired) electrons. The van der Waals surface area contributed by atoms with Crippen LogP contribution < -0.4 is 10.5 Å². The van der Waals surface area contributed by atoms with E-state index in [4.69, 9.17) is 17.3 Å². The number of rotatable bonds is 6. The largest absolute Gasteiger partial charge is 0.398 e. The molecule has 11 heteroatoms. The van der Waals surface area contributed by atoms with Gasteiger partial charge in [0.15, 0.2) is 0 Å². The predicted octanol–water partition coefficient (Wildman–Crippen LogP) is 0.854. The summed E-state index contributed by atoms with van der Waals surface area (Å²) in [5.74, 6) is -0.354. The fourth-order valence-electron chi connectivity index (χ4n) is 1.35. The quantitative estimate of drug-likeness (QED) is 0.663. The van der Waals surface area contributed by atoms with Crippen molar-refractivity contribution in [1.82, 2.24) is 9.03 Å². The Morgan fingerprint density at radius 1 is 1.29 bits per heavy atom. The van der Waals surface area contributed by atoms with E-state index in [0.29, 0.717) is 0 Å². The zero-order valence-electron chi connectivity index (χ0n) is 11.3. The highest BCUT2D eigenvalue weighted by atomic mass is 79.9. The highest BCUT2D eigenvalue weighted by Crippen LogP contribution is 2.31. The van der Waals surface area contributed by atoms with E-state index in [9.17, 15) is 16.8 Å². The first-order valence-electron chi connectivity index (χ1n) is 5.62. The molecule has 0 saturated heterocycles. The van der Waals surface area contributed by atoms with Gasteiger partial charge in [-0.25, -0.2) is 25.9 Å². The van der Waals surface area contributed by atoms with Crippen molar-refractivity contribution in [2.45, 2.75) is 4.90 Å². The normalized spacial score (nSPS) is 12.8. The molecule has 7 nitrogen and oxygen atoms in total. The fourth-order valence-corrected chi connectivity index (χ4v) is 4.52. The summed E-state index contributed by atoms with van der Waals surface area (Å²) in [7, 11) is -4.67. The molecule has 0 spiro atoms. The van der Waals surface area contributed by atoms with Crippen LogP contribution >= 0.6 is 27.5 Å². The Hall–Kier alpha value is -0.390. The van der Waals surface area contributed by atoms with Crippen LogP contribution in [0.3, 0.4) is 0 Å². The molecule has 0 aromatic heterocycles. The molecule has 0 unspecified atom stereocenters. The van der Waals surface area contributed by atoms with Gasteiger partial charge < -0.3 is 5.73 Å². The number of hydrogen-bond donors (Lipinski definition) is 2. The summed E-state index contributed by atoms with van der Waals surface area (Å²) in [4.78, 5) is -0.144. The SMILES string of the molecule is CN(C)S(=O)(=O)CCNS(=O)(=O)c1cc(Cl)cc(N)c1Br. The molecule has 1 aromatic carbocycles. The molecule has 0 aliphatic rings. The van der Waals surface area contributed by atoms with Gasteiger partial charge in [-0.05, 0) is 28.1 Å². The van der Waals surface area contributed by atoms with Crippen LogP contribution in [0.5, 0.6) is 0 Å². The Labute approximate surface area is 137 Å². The molecule has 3 N–H and O–H groups in total. The van der Waals surface area contributed by atoms with Gasteiger partial charge in [-0.2, -0.15) is 0 Å². The van der Waals surface area contributed by atoms with E-state index < -0.39 is 20.0 Å². The molecule has 0 aliphatic carbocycles. The van der Waals surface area contributed by atoms with E-state index in [1.54, 1.807) is 0 Å². The Bertz CT molecular complexity index is 735. The second kappa shape index (κ2) is 6.80. The highest BCUT2D eigenvalue weighted by Gasteiger charge is 2.21. The van der Waals surface area contributed by atoms with Crippen LogP contribution in [0, 0.1) is 0 Å². The molecule has 120 valence electrons. The van der Waals surface area contributed by atoms with Gasteiger partial charge in [0.1, 0.15) is 0 Å². The van der Waals surface area contributed by atoms with Crippen molar-refractivity contribution in [2.24, 2.45) is 0 Å². The van der Waals surface area contributed by atoms with Crippen molar-refractivity contribution in [2.75, 3.05) is 32.1 Å². The maximum atomic E-state index is 12.1. The zero-order valence-corrected chi connectivity index (χ0v) is 15.3. The van der Waals surface area contributed by atoms with Crippen LogP contribution in [0.4, 0.5) is 5.69 Å². The van der Waals surface area contributed by atoms with Crippen LogP contribution in [0.15, 0.2) is 21.5 Å². The fraction of sp³-hybridized carbons (Fsp3) is 0.400. The topological polar surface area (TPSA) is 110 Å². The van der Waals surface area contributed by atoms with E-state index in [1.165, 1.54) is 26.2 Å². The molecule has 0 aliphatic heterocycles. The lowest BCUT2D eigenvalue weighted by Gasteiger charge is -2.13. The third-order valence-corrected chi connectivity index (χ3v) is 7.21. The molecule has 21 heavy (non-hydrogen) atoms. The standard InChI is InChI=1S/C10H15BrClN3O4S2/c1-15(2)20(16,17)4-3-14-21(18,19)9-6-7(12)5-8(13)10(9)11/h5-6,14H,3-4,13H2,1-2H3. The second-order valence-electron chi connectivity index (χ2n) is 4.30. The van der Waals surface area contributed by atoms with E-state index >= 15 is 0 Å². The number of anilines is 1. The molecule has 0 amide bonds. The first-order valence-corrected chi connectivity index (χ1v) is 9.88. The molecule has 1 rings (SSSR count). The summed E-state index contributed by atoms with van der Waals surface area (Å²) in [6.45, 7) is -0.262. The summed E-state index contributed by atoms with van der Waals surface area (Å²) in [5, 5.41) is 0.164. The number of nitrogens with one attached hydrogen (secondary N) is 1. The lowest BCUT2D eigenvalue weighted by molar-refractivity contribution is 0.519. The summed E-state index contributed by atoms with van der Waals surface area (Å²) in [5.41, 5.74) is 5.80. The van der Waals surface area contributed by atoms with Gasteiger partial charge in [-0.3, -0.25) is 0 Å². The Kier molecular flexibility index (Phi) is 6.04. The van der Waals surface area contributed by atoms with Crippen LogP contribution in [-0.4, -0.2) is 47.5 Å². The maximum absolute atomic E-state index is 12.1. The number of sulfonamides is 2. The molecule has 0 atom stereocenters. The van der Waals surface area contributed by atoms with Crippen molar-refractivity contribution in [1.29, 1.82) is 0 Å². The molecule has 0 fully saturated rings. The minimum atomic E-state index is -3.93. The molecule has 0 bridgehead atoms. The number of nitrogen functional groups attached to an aromatic ring is 1. The van der Waals surface area contributed by atoms with Crippen molar-refractivity contribution >= 4 is 53.3 Å². The van der Waals surface area contributed by atoms with E-state index in [2.05, 4.69) is 20.7 Å². The van der Waals surface area contributed by atoms with Gasteiger partial charge in [0, 0.05) is 31.4 Å². The highest BCUT2D eigenvalue weighted by molar-refractivity contribution is 9.10. The molecule has 1 aromatic rings. The first kappa shape index (κ1) is 18.7. The number of halogens is 2. The van der Waals surface area contributed by atoms with Gasteiger partial charge in [0.25, 0.3) is 0 Å². The number of hydrogen-bond acceptors (Lipinski definition) is 5. The zero-order chi connectivity index (χ0) is 16.4. The van der Waals surface area contributed by atoms with Gasteiger partial charge in [-0.1, -0.05) is 11.6 Å². The molecular weight excluding hydrogens is 406 g/mol. The van der Waals surface area contributed by atoms with E-state index in [0.717, 1.165) is 4.31 Å². The first-order chi connectivity index (χ1) is 9.47. The monoisotopic (exact) mass is 419 g/mol. The average Bonchev–Trinajstić information content (AvgIpc) is 2.32. The summed E-state index contributed by atoms with van der Waals surface area (Å²) in [6, 6.07) is 2.63. The van der Waals surface area contributed by atoms with Gasteiger partial charge in [0.05, 0.1) is 15.1 Å². The van der Waals surface area contributed by atoms with E-state index in [1.807, 2.05) is 0 Å². The minimum Gasteiger partial charge on any atom is -0.398 e. The maximum Gasteiger partial charge on any atom is 0.241 e. The van der Waals surface area contributed by atoms with Crippen LogP contribution in [0.1, 0.15) is 0 Å². The third kappa shape index (κ3) is 4.80. The Balaban J connectivity index is 2.94. The predicted molar refractivity (Wildman–Crippen MR) is 86.2 cm³/mol. The third-order valence-electron chi connectivity index (χ3n) is 2.53. The van der Waals surface area contributed by atoms with Crippen LogP contribution in [-0.2, 0) is 20.0 Å². The Morgan fingerprint density at radius 2 is 1.86 bits per heavy atom. The van der Waals surface area contributed by atoms with E-state index in [-0.39, 0.29) is 32.4 Å². The Morgan fingerprint density at radius 3 is 2.38 bits per heavy atom. The summed E-state index contributed by atoms with van der Waals surface area (Å²) in [6.07, 6.45) is 0. The lowest BCUT2D eigenvalue weighted by atomic mass is 10.3. The van der Waals surface area contributed by atoms with Crippen molar-refractivity contribution in [3.8, 4) is 0 Å². The average molecular weight is 421 g/mol. The van der Waals surface area contributed by atoms with Crippen molar-refractivity contribution in [3.05, 3.63) is 21.6 Å².